The van der Waals surface area contributed by atoms with E-state index < -0.39 is 11.9 Å². The number of aromatic carboxylic acids is 1. The zero-order chi connectivity index (χ0) is 31.2. The van der Waals surface area contributed by atoms with Crippen LogP contribution in [0.1, 0.15) is 49.2 Å². The van der Waals surface area contributed by atoms with Crippen LogP contribution in [0.2, 0.25) is 5.02 Å². The maximum atomic E-state index is 12.5. The number of nitrogens with one attached hydrogen (secondary N) is 1. The average Bonchev–Trinajstić information content (AvgIpc) is 3.62. The Hall–Kier alpha value is -4.80. The Morgan fingerprint density at radius 3 is 2.32 bits per heavy atom. The molecule has 0 spiro atoms. The second-order valence-electron chi connectivity index (χ2n) is 9.80. The van der Waals surface area contributed by atoms with Gasteiger partial charge in [0.2, 0.25) is 0 Å². The second-order valence-corrected chi connectivity index (χ2v) is 11.1. The number of carbonyl (C=O) groups is 2. The Bertz CT molecular complexity index is 1780. The number of carbonyl (C=O) groups excluding carboxylic acids is 1. The summed E-state index contributed by atoms with van der Waals surface area (Å²) in [6.07, 6.45) is 1.44. The van der Waals surface area contributed by atoms with Crippen molar-refractivity contribution in [2.45, 2.75) is 27.1 Å². The molecular formula is C33H27BrClN3O6. The molecule has 44 heavy (non-hydrogen) atoms. The Morgan fingerprint density at radius 2 is 1.66 bits per heavy atom. The maximum absolute atomic E-state index is 12.5. The SMILES string of the molecule is Cc1ccc(C)n1-c1ccc(OCc2ccc(C(=O)N/N=C/c3cc(Cl)c(OCc4ccc(C(=O)O)cc4)c(Br)c3)o2)cc1. The number of amides is 1. The highest BCUT2D eigenvalue weighted by atomic mass is 79.9. The van der Waals surface area contributed by atoms with Gasteiger partial charge < -0.3 is 23.6 Å². The summed E-state index contributed by atoms with van der Waals surface area (Å²) < 4.78 is 20.0. The standard InChI is InChI=1S/C33H27BrClN3O6/c1-20-3-4-21(2)38(20)25-9-11-26(12-10-25)42-19-27-13-14-30(44-27)32(39)37-36-17-23-15-28(34)31(29(35)16-23)43-18-22-5-7-24(8-6-22)33(40)41/h3-17H,18-19H2,1-2H3,(H,37,39)(H,40,41)/b36-17+. The smallest absolute Gasteiger partial charge is 0.335 e. The van der Waals surface area contributed by atoms with E-state index in [2.05, 4.69) is 57.0 Å². The van der Waals surface area contributed by atoms with Gasteiger partial charge in [0, 0.05) is 17.1 Å². The number of nitrogens with zero attached hydrogens (tertiary/aromatic N) is 2. The number of hydrogen-bond donors (Lipinski definition) is 2. The number of aromatic nitrogens is 1. The normalized spacial score (nSPS) is 11.1. The highest BCUT2D eigenvalue weighted by Gasteiger charge is 2.13. The Morgan fingerprint density at radius 1 is 0.955 bits per heavy atom. The summed E-state index contributed by atoms with van der Waals surface area (Å²) >= 11 is 9.86. The van der Waals surface area contributed by atoms with Gasteiger partial charge in [-0.1, -0.05) is 23.7 Å². The lowest BCUT2D eigenvalue weighted by Crippen LogP contribution is -2.16. The van der Waals surface area contributed by atoms with Crippen LogP contribution in [0.3, 0.4) is 0 Å². The fourth-order valence-electron chi connectivity index (χ4n) is 4.41. The number of carboxylic acid groups (broad SMARTS) is 1. The molecule has 9 nitrogen and oxygen atoms in total. The van der Waals surface area contributed by atoms with E-state index in [0.29, 0.717) is 32.3 Å². The average molecular weight is 677 g/mol. The molecule has 0 bridgehead atoms. The van der Waals surface area contributed by atoms with E-state index in [0.717, 1.165) is 22.6 Å². The van der Waals surface area contributed by atoms with Gasteiger partial charge in [-0.15, -0.1) is 0 Å². The Labute approximate surface area is 266 Å². The topological polar surface area (TPSA) is 115 Å². The van der Waals surface area contributed by atoms with Gasteiger partial charge in [0.15, 0.2) is 11.5 Å². The van der Waals surface area contributed by atoms with E-state index in [-0.39, 0.29) is 24.5 Å². The van der Waals surface area contributed by atoms with Gasteiger partial charge in [-0.3, -0.25) is 4.79 Å². The third-order valence-corrected chi connectivity index (χ3v) is 7.49. The molecule has 0 radical (unpaired) electrons. The first kappa shape index (κ1) is 30.7. The van der Waals surface area contributed by atoms with Crippen molar-refractivity contribution in [3.8, 4) is 17.2 Å². The molecule has 2 N–H and O–H groups in total. The zero-order valence-electron chi connectivity index (χ0n) is 23.7. The molecule has 1 amide bonds. The van der Waals surface area contributed by atoms with Crippen molar-refractivity contribution < 1.29 is 28.6 Å². The fourth-order valence-corrected chi connectivity index (χ4v) is 5.40. The van der Waals surface area contributed by atoms with E-state index in [1.54, 1.807) is 36.4 Å². The number of furan rings is 1. The first-order chi connectivity index (χ1) is 21.2. The van der Waals surface area contributed by atoms with E-state index in [4.69, 9.17) is 30.6 Å². The van der Waals surface area contributed by atoms with Gasteiger partial charge in [0.05, 0.1) is 21.3 Å². The molecule has 11 heteroatoms. The van der Waals surface area contributed by atoms with Gasteiger partial charge in [0.25, 0.3) is 0 Å². The number of hydrogen-bond acceptors (Lipinski definition) is 6. The van der Waals surface area contributed by atoms with E-state index in [1.807, 2.05) is 24.3 Å². The van der Waals surface area contributed by atoms with Gasteiger partial charge in [0.1, 0.15) is 24.7 Å². The number of benzene rings is 3. The first-order valence-electron chi connectivity index (χ1n) is 13.4. The summed E-state index contributed by atoms with van der Waals surface area (Å²) in [4.78, 5) is 23.6. The molecule has 0 aliphatic heterocycles. The third kappa shape index (κ3) is 7.39. The van der Waals surface area contributed by atoms with Crippen LogP contribution >= 0.6 is 27.5 Å². The van der Waals surface area contributed by atoms with E-state index >= 15 is 0 Å². The van der Waals surface area contributed by atoms with E-state index in [9.17, 15) is 9.59 Å². The summed E-state index contributed by atoms with van der Waals surface area (Å²) in [5, 5.41) is 13.4. The van der Waals surface area contributed by atoms with Crippen molar-refractivity contribution in [2.24, 2.45) is 5.10 Å². The van der Waals surface area contributed by atoms with Gasteiger partial charge in [-0.2, -0.15) is 5.10 Å². The number of hydrazone groups is 1. The second kappa shape index (κ2) is 13.7. The van der Waals surface area contributed by atoms with Crippen molar-refractivity contribution in [1.29, 1.82) is 0 Å². The van der Waals surface area contributed by atoms with Crippen molar-refractivity contribution in [3.63, 3.8) is 0 Å². The highest BCUT2D eigenvalue weighted by Crippen LogP contribution is 2.34. The number of rotatable bonds is 11. The lowest BCUT2D eigenvalue weighted by atomic mass is 10.1. The molecule has 224 valence electrons. The minimum atomic E-state index is -0.993. The monoisotopic (exact) mass is 675 g/mol. The van der Waals surface area contributed by atoms with Crippen LogP contribution in [0.4, 0.5) is 0 Å². The molecular weight excluding hydrogens is 650 g/mol. The van der Waals surface area contributed by atoms with Crippen LogP contribution in [0.15, 0.2) is 98.9 Å². The molecule has 0 saturated carbocycles. The van der Waals surface area contributed by atoms with Crippen LogP contribution in [0.25, 0.3) is 5.69 Å². The van der Waals surface area contributed by atoms with Crippen LogP contribution < -0.4 is 14.9 Å². The lowest BCUT2D eigenvalue weighted by molar-refractivity contribution is 0.0696. The molecule has 5 aromatic rings. The van der Waals surface area contributed by atoms with Crippen LogP contribution in [-0.4, -0.2) is 27.8 Å². The molecule has 2 aromatic heterocycles. The van der Waals surface area contributed by atoms with Crippen molar-refractivity contribution >= 4 is 45.6 Å². The Balaban J connectivity index is 1.12. The number of ether oxygens (including phenoxy) is 2. The zero-order valence-corrected chi connectivity index (χ0v) is 26.1. The molecule has 5 rings (SSSR count). The van der Waals surface area contributed by atoms with Gasteiger partial charge in [-0.05, 0) is 114 Å². The predicted molar refractivity (Wildman–Crippen MR) is 170 cm³/mol. The summed E-state index contributed by atoms with van der Waals surface area (Å²) in [5.74, 6) is 0.167. The first-order valence-corrected chi connectivity index (χ1v) is 14.6. The number of halogens is 2. The molecule has 0 atom stereocenters. The minimum Gasteiger partial charge on any atom is -0.486 e. The lowest BCUT2D eigenvalue weighted by Gasteiger charge is -2.11. The summed E-state index contributed by atoms with van der Waals surface area (Å²) in [6.45, 7) is 4.47. The summed E-state index contributed by atoms with van der Waals surface area (Å²) in [6, 6.07) is 24.9. The van der Waals surface area contributed by atoms with Gasteiger partial charge >= 0.3 is 11.9 Å². The summed E-state index contributed by atoms with van der Waals surface area (Å²) in [5.41, 5.74) is 7.39. The fraction of sp³-hybridized carbons (Fsp3) is 0.121. The van der Waals surface area contributed by atoms with Crippen molar-refractivity contribution in [1.82, 2.24) is 9.99 Å². The maximum Gasteiger partial charge on any atom is 0.335 e. The minimum absolute atomic E-state index is 0.0917. The quantitative estimate of drug-likeness (QED) is 0.109. The molecule has 0 fully saturated rings. The molecule has 0 aliphatic carbocycles. The van der Waals surface area contributed by atoms with Gasteiger partial charge in [-0.25, -0.2) is 10.2 Å². The molecule has 0 aliphatic rings. The number of carboxylic acids is 1. The molecule has 0 saturated heterocycles. The third-order valence-electron chi connectivity index (χ3n) is 6.62. The van der Waals surface area contributed by atoms with Crippen molar-refractivity contribution in [2.75, 3.05) is 0 Å². The molecule has 0 unspecified atom stereocenters. The van der Waals surface area contributed by atoms with Crippen molar-refractivity contribution in [3.05, 3.63) is 134 Å². The highest BCUT2D eigenvalue weighted by molar-refractivity contribution is 9.10. The number of aryl methyl sites for hydroxylation is 2. The van der Waals surface area contributed by atoms with Crippen LogP contribution in [0.5, 0.6) is 11.5 Å². The summed E-state index contributed by atoms with van der Waals surface area (Å²) in [7, 11) is 0. The van der Waals surface area contributed by atoms with Crippen LogP contribution in [0, 0.1) is 13.8 Å². The largest absolute Gasteiger partial charge is 0.486 e. The molecule has 3 aromatic carbocycles. The van der Waals surface area contributed by atoms with Crippen LogP contribution in [-0.2, 0) is 13.2 Å². The van der Waals surface area contributed by atoms with E-state index in [1.165, 1.54) is 18.3 Å². The predicted octanol–water partition coefficient (Wildman–Crippen LogP) is 7.72. The Kier molecular flexibility index (Phi) is 9.52. The molecule has 2 heterocycles.